The topological polar surface area (TPSA) is 29.5 Å². The van der Waals surface area contributed by atoms with Gasteiger partial charge in [-0.3, -0.25) is 4.90 Å². The van der Waals surface area contributed by atoms with Crippen LogP contribution in [-0.2, 0) is 4.74 Å². The number of likely N-dealkylation sites (tertiary alicyclic amines) is 1. The van der Waals surface area contributed by atoms with Gasteiger partial charge in [0.2, 0.25) is 0 Å². The van der Waals surface area contributed by atoms with Crippen LogP contribution in [0.4, 0.5) is 4.79 Å². The molecule has 2 unspecified atom stereocenters. The lowest BCUT2D eigenvalue weighted by Gasteiger charge is -2.40. The normalized spacial score (nSPS) is 28.1. The first-order valence-electron chi connectivity index (χ1n) is 7.82. The maximum absolute atomic E-state index is 12.2. The predicted octanol–water partition coefficient (Wildman–Crippen LogP) is 4.04. The van der Waals surface area contributed by atoms with Gasteiger partial charge in [-0.1, -0.05) is 25.2 Å². The summed E-state index contributed by atoms with van der Waals surface area (Å²) in [6.07, 6.45) is 14.2. The van der Waals surface area contributed by atoms with Crippen molar-refractivity contribution >= 4 is 6.09 Å². The monoisotopic (exact) mass is 273 g/mol. The van der Waals surface area contributed by atoms with Crippen molar-refractivity contribution in [2.24, 2.45) is 11.8 Å². The van der Waals surface area contributed by atoms with E-state index < -0.39 is 0 Å². The Morgan fingerprint density at radius 1 is 1.45 bits per heavy atom. The first-order valence-corrected chi connectivity index (χ1v) is 7.82. The van der Waals surface area contributed by atoms with E-state index in [0.29, 0.717) is 18.4 Å². The molecule has 0 saturated carbocycles. The summed E-state index contributed by atoms with van der Waals surface area (Å²) in [4.78, 5) is 14.1. The zero-order valence-electron chi connectivity index (χ0n) is 12.2. The largest absolute Gasteiger partial charge is 0.449 e. The molecule has 0 aromatic carbocycles. The molecule has 1 amide bonds. The second kappa shape index (κ2) is 5.86. The molecule has 0 aromatic heterocycles. The standard InChI is InChI=1S/C17H23NO2/c1-2-10-20-17(19)18-9-5-8-15-11-13-6-3-4-7-14(13)12-16(15)18/h3-4,7,12-13,15H,2,5-6,8-11H2,1H3. The molecule has 1 saturated heterocycles. The summed E-state index contributed by atoms with van der Waals surface area (Å²) in [5, 5.41) is 0. The molecule has 3 nitrogen and oxygen atoms in total. The molecule has 3 heteroatoms. The Hall–Kier alpha value is -1.51. The summed E-state index contributed by atoms with van der Waals surface area (Å²) in [5.74, 6) is 1.19. The molecule has 1 heterocycles. The molecule has 3 rings (SSSR count). The van der Waals surface area contributed by atoms with Gasteiger partial charge in [0.25, 0.3) is 0 Å². The van der Waals surface area contributed by atoms with Gasteiger partial charge in [0.1, 0.15) is 0 Å². The quantitative estimate of drug-likeness (QED) is 0.760. The van der Waals surface area contributed by atoms with Crippen molar-refractivity contribution in [1.82, 2.24) is 4.90 Å². The number of carbonyl (C=O) groups is 1. The highest BCUT2D eigenvalue weighted by Gasteiger charge is 2.35. The Morgan fingerprint density at radius 2 is 2.35 bits per heavy atom. The number of nitrogens with zero attached hydrogens (tertiary/aromatic N) is 1. The first-order chi connectivity index (χ1) is 9.79. The van der Waals surface area contributed by atoms with E-state index in [4.69, 9.17) is 4.74 Å². The van der Waals surface area contributed by atoms with E-state index in [-0.39, 0.29) is 6.09 Å². The van der Waals surface area contributed by atoms with E-state index in [2.05, 4.69) is 24.3 Å². The summed E-state index contributed by atoms with van der Waals surface area (Å²) in [7, 11) is 0. The fraction of sp³-hybridized carbons (Fsp3) is 0.588. The molecule has 0 N–H and O–H groups in total. The smallest absolute Gasteiger partial charge is 0.414 e. The minimum atomic E-state index is -0.159. The molecule has 20 heavy (non-hydrogen) atoms. The average molecular weight is 273 g/mol. The van der Waals surface area contributed by atoms with E-state index in [9.17, 15) is 4.79 Å². The second-order valence-corrected chi connectivity index (χ2v) is 5.94. The van der Waals surface area contributed by atoms with Crippen LogP contribution < -0.4 is 0 Å². The van der Waals surface area contributed by atoms with Gasteiger partial charge in [-0.25, -0.2) is 4.79 Å². The number of amides is 1. The number of hydrogen-bond acceptors (Lipinski definition) is 2. The molecule has 0 aromatic rings. The van der Waals surface area contributed by atoms with Gasteiger partial charge >= 0.3 is 6.09 Å². The van der Waals surface area contributed by atoms with Crippen molar-refractivity contribution < 1.29 is 9.53 Å². The lowest BCUT2D eigenvalue weighted by atomic mass is 9.74. The van der Waals surface area contributed by atoms with Crippen molar-refractivity contribution in [2.45, 2.75) is 39.0 Å². The summed E-state index contributed by atoms with van der Waals surface area (Å²) in [6.45, 7) is 3.34. The molecule has 3 aliphatic rings. The minimum Gasteiger partial charge on any atom is -0.449 e. The Labute approximate surface area is 121 Å². The van der Waals surface area contributed by atoms with Crippen molar-refractivity contribution in [1.29, 1.82) is 0 Å². The zero-order chi connectivity index (χ0) is 13.9. The van der Waals surface area contributed by atoms with Crippen molar-refractivity contribution in [3.8, 4) is 0 Å². The fourth-order valence-corrected chi connectivity index (χ4v) is 3.50. The van der Waals surface area contributed by atoms with Crippen LogP contribution in [0.1, 0.15) is 39.0 Å². The van der Waals surface area contributed by atoms with E-state index in [1.54, 1.807) is 0 Å². The fourth-order valence-electron chi connectivity index (χ4n) is 3.50. The van der Waals surface area contributed by atoms with Crippen molar-refractivity contribution in [3.05, 3.63) is 35.6 Å². The maximum atomic E-state index is 12.2. The molecular formula is C17H23NO2. The third kappa shape index (κ3) is 2.54. The molecule has 0 radical (unpaired) electrons. The number of fused-ring (bicyclic) bond motifs is 2. The van der Waals surface area contributed by atoms with Crippen LogP contribution in [0, 0.1) is 11.8 Å². The highest BCUT2D eigenvalue weighted by atomic mass is 16.6. The summed E-state index contributed by atoms with van der Waals surface area (Å²) in [6, 6.07) is 0. The van der Waals surface area contributed by atoms with Crippen LogP contribution in [-0.4, -0.2) is 24.1 Å². The Balaban J connectivity index is 1.82. The summed E-state index contributed by atoms with van der Waals surface area (Å²) < 4.78 is 5.33. The SMILES string of the molecule is CCCOC(=O)N1CCCC2CC3CC=CC=C3C=C21. The molecule has 0 spiro atoms. The van der Waals surface area contributed by atoms with E-state index in [1.807, 2.05) is 11.8 Å². The highest BCUT2D eigenvalue weighted by Crippen LogP contribution is 2.42. The van der Waals surface area contributed by atoms with Crippen LogP contribution in [0.3, 0.4) is 0 Å². The van der Waals surface area contributed by atoms with Gasteiger partial charge in [-0.2, -0.15) is 0 Å². The number of piperidine rings is 1. The van der Waals surface area contributed by atoms with Crippen LogP contribution in [0.2, 0.25) is 0 Å². The van der Waals surface area contributed by atoms with E-state index >= 15 is 0 Å². The van der Waals surface area contributed by atoms with Gasteiger partial charge in [-0.15, -0.1) is 0 Å². The van der Waals surface area contributed by atoms with E-state index in [0.717, 1.165) is 25.8 Å². The molecule has 0 bridgehead atoms. The van der Waals surface area contributed by atoms with Gasteiger partial charge in [0.05, 0.1) is 6.61 Å². The number of ether oxygens (including phenoxy) is 1. The third-order valence-electron chi connectivity index (χ3n) is 4.51. The number of carbonyl (C=O) groups excluding carboxylic acids is 1. The lowest BCUT2D eigenvalue weighted by Crippen LogP contribution is -2.40. The molecule has 108 valence electrons. The predicted molar refractivity (Wildman–Crippen MR) is 79.1 cm³/mol. The van der Waals surface area contributed by atoms with Gasteiger partial charge < -0.3 is 4.74 Å². The van der Waals surface area contributed by atoms with Crippen molar-refractivity contribution in [3.63, 3.8) is 0 Å². The second-order valence-electron chi connectivity index (χ2n) is 5.94. The molecule has 2 atom stereocenters. The summed E-state index contributed by atoms with van der Waals surface area (Å²) >= 11 is 0. The van der Waals surface area contributed by atoms with Crippen LogP contribution >= 0.6 is 0 Å². The summed E-state index contributed by atoms with van der Waals surface area (Å²) in [5.41, 5.74) is 2.57. The van der Waals surface area contributed by atoms with Gasteiger partial charge in [0, 0.05) is 18.2 Å². The first kappa shape index (κ1) is 13.5. The van der Waals surface area contributed by atoms with Crippen molar-refractivity contribution in [2.75, 3.05) is 13.2 Å². The van der Waals surface area contributed by atoms with Gasteiger partial charge in [0.15, 0.2) is 0 Å². The average Bonchev–Trinajstić information content (AvgIpc) is 2.50. The van der Waals surface area contributed by atoms with E-state index in [1.165, 1.54) is 24.1 Å². The minimum absolute atomic E-state index is 0.159. The highest BCUT2D eigenvalue weighted by molar-refractivity contribution is 5.70. The van der Waals surface area contributed by atoms with Crippen LogP contribution in [0.25, 0.3) is 0 Å². The molecule has 2 aliphatic carbocycles. The Morgan fingerprint density at radius 3 is 3.20 bits per heavy atom. The third-order valence-corrected chi connectivity index (χ3v) is 4.51. The molecule has 1 aliphatic heterocycles. The van der Waals surface area contributed by atoms with Crippen LogP contribution in [0.5, 0.6) is 0 Å². The van der Waals surface area contributed by atoms with Gasteiger partial charge in [-0.05, 0) is 49.7 Å². The molecule has 1 fully saturated rings. The molecular weight excluding hydrogens is 250 g/mol. The zero-order valence-corrected chi connectivity index (χ0v) is 12.2. The van der Waals surface area contributed by atoms with Crippen LogP contribution in [0.15, 0.2) is 35.6 Å². The number of hydrogen-bond donors (Lipinski definition) is 0. The number of allylic oxidation sites excluding steroid dienone is 6. The Bertz CT molecular complexity index is 475. The lowest BCUT2D eigenvalue weighted by molar-refractivity contribution is 0.0990. The maximum Gasteiger partial charge on any atom is 0.414 e. The Kier molecular flexibility index (Phi) is 3.95. The number of rotatable bonds is 2.